The molecule has 2 atom stereocenters. The third-order valence-corrected chi connectivity index (χ3v) is 6.11. The van der Waals surface area contributed by atoms with E-state index in [1.807, 2.05) is 0 Å². The van der Waals surface area contributed by atoms with Gasteiger partial charge in [0.2, 0.25) is 5.91 Å². The first-order chi connectivity index (χ1) is 17.2. The maximum Gasteiger partial charge on any atom is 0.367 e. The number of likely N-dealkylation sites (tertiary alicyclic amines) is 1. The van der Waals surface area contributed by atoms with Crippen molar-refractivity contribution in [1.82, 2.24) is 4.90 Å². The van der Waals surface area contributed by atoms with Crippen molar-refractivity contribution in [2.24, 2.45) is 5.92 Å². The van der Waals surface area contributed by atoms with E-state index in [2.05, 4.69) is 9.68 Å². The Bertz CT molecular complexity index is 945. The van der Waals surface area contributed by atoms with Gasteiger partial charge in [0.05, 0.1) is 13.2 Å². The number of benzene rings is 1. The second-order valence-electron chi connectivity index (χ2n) is 7.83. The van der Waals surface area contributed by atoms with Gasteiger partial charge in [0, 0.05) is 18.2 Å². The second-order valence-corrected chi connectivity index (χ2v) is 8.78. The van der Waals surface area contributed by atoms with Gasteiger partial charge < -0.3 is 24.0 Å². The summed E-state index contributed by atoms with van der Waals surface area (Å²) in [6, 6.07) is 5.34. The van der Waals surface area contributed by atoms with Gasteiger partial charge >= 0.3 is 11.3 Å². The smallest absolute Gasteiger partial charge is 0.367 e. The van der Waals surface area contributed by atoms with E-state index in [4.69, 9.17) is 9.47 Å². The lowest BCUT2D eigenvalue weighted by atomic mass is 10.1. The lowest BCUT2D eigenvalue weighted by Gasteiger charge is -2.26. The highest BCUT2D eigenvalue weighted by atomic mass is 32.2. The van der Waals surface area contributed by atoms with Crippen LogP contribution >= 0.6 is 11.8 Å². The van der Waals surface area contributed by atoms with E-state index < -0.39 is 33.4 Å². The summed E-state index contributed by atoms with van der Waals surface area (Å²) in [4.78, 5) is 67.9. The Balaban J connectivity index is 1.78. The van der Waals surface area contributed by atoms with Gasteiger partial charge in [-0.15, -0.1) is 20.2 Å². The standard InChI is InChI=1S/C21H27N3O11S/c1-15(14-36-21(27)32-10-2-3-11-33-23(28)29)19(25)22-9-5-8-18(22)20(26)35-17-7-4-6-16(12-17)13-34-24(30)31/h4,6-7,12,15,18H,2-3,5,8-11,13-14H2,1H3/t15-,18+/m1/s1. The third kappa shape index (κ3) is 9.93. The van der Waals surface area contributed by atoms with Crippen LogP contribution in [0.1, 0.15) is 38.2 Å². The van der Waals surface area contributed by atoms with E-state index in [1.54, 1.807) is 19.1 Å². The number of hydrogen-bond acceptors (Lipinski definition) is 12. The molecule has 0 bridgehead atoms. The van der Waals surface area contributed by atoms with Crippen molar-refractivity contribution >= 4 is 28.9 Å². The fraction of sp³-hybridized carbons (Fsp3) is 0.571. The van der Waals surface area contributed by atoms with Crippen molar-refractivity contribution in [2.45, 2.75) is 45.3 Å². The molecule has 0 saturated carbocycles. The molecular weight excluding hydrogens is 502 g/mol. The predicted molar refractivity (Wildman–Crippen MR) is 124 cm³/mol. The van der Waals surface area contributed by atoms with Crippen molar-refractivity contribution in [3.05, 3.63) is 50.1 Å². The van der Waals surface area contributed by atoms with E-state index >= 15 is 0 Å². The molecule has 0 N–H and O–H groups in total. The van der Waals surface area contributed by atoms with E-state index in [0.717, 1.165) is 11.8 Å². The fourth-order valence-corrected chi connectivity index (χ4v) is 4.07. The minimum absolute atomic E-state index is 0.0780. The molecule has 0 radical (unpaired) electrons. The highest BCUT2D eigenvalue weighted by Crippen LogP contribution is 2.24. The SMILES string of the molecule is C[C@H](CSC(=O)OCCCCO[N+](=O)[O-])C(=O)N1CCC[C@H]1C(=O)Oc1cccc(CO[N+](=O)[O-])c1. The lowest BCUT2D eigenvalue weighted by Crippen LogP contribution is -2.45. The average molecular weight is 530 g/mol. The third-order valence-electron chi connectivity index (χ3n) is 5.09. The van der Waals surface area contributed by atoms with E-state index in [-0.39, 0.29) is 37.2 Å². The number of esters is 1. The zero-order chi connectivity index (χ0) is 26.5. The Kier molecular flexibility index (Phi) is 11.7. The first-order valence-corrected chi connectivity index (χ1v) is 12.1. The van der Waals surface area contributed by atoms with Gasteiger partial charge in [0.15, 0.2) is 0 Å². The Morgan fingerprint density at radius 3 is 2.58 bits per heavy atom. The zero-order valence-corrected chi connectivity index (χ0v) is 20.4. The molecule has 0 aliphatic carbocycles. The van der Waals surface area contributed by atoms with Crippen molar-refractivity contribution in [3.63, 3.8) is 0 Å². The molecule has 0 unspecified atom stereocenters. The van der Waals surface area contributed by atoms with Crippen LogP contribution in [0.3, 0.4) is 0 Å². The van der Waals surface area contributed by atoms with E-state index in [1.165, 1.54) is 17.0 Å². The summed E-state index contributed by atoms with van der Waals surface area (Å²) in [5.74, 6) is -1.14. The molecule has 198 valence electrons. The zero-order valence-electron chi connectivity index (χ0n) is 19.6. The Morgan fingerprint density at radius 1 is 1.14 bits per heavy atom. The quantitative estimate of drug-likeness (QED) is 0.113. The molecule has 36 heavy (non-hydrogen) atoms. The van der Waals surface area contributed by atoms with Gasteiger partial charge in [0.1, 0.15) is 18.4 Å². The molecule has 1 aliphatic heterocycles. The van der Waals surface area contributed by atoms with Gasteiger partial charge in [-0.2, -0.15) is 0 Å². The Labute approximate surface area is 210 Å². The molecule has 1 aromatic rings. The molecule has 1 aromatic carbocycles. The summed E-state index contributed by atoms with van der Waals surface area (Å²) in [5.41, 5.74) is 0.443. The topological polar surface area (TPSA) is 178 Å². The van der Waals surface area contributed by atoms with Crippen LogP contribution < -0.4 is 4.74 Å². The fourth-order valence-electron chi connectivity index (χ4n) is 3.37. The Morgan fingerprint density at radius 2 is 1.86 bits per heavy atom. The number of carbonyl (C=O) groups excluding carboxylic acids is 3. The molecule has 14 nitrogen and oxygen atoms in total. The summed E-state index contributed by atoms with van der Waals surface area (Å²) in [6.07, 6.45) is 1.80. The minimum Gasteiger partial charge on any atom is -0.458 e. The van der Waals surface area contributed by atoms with Crippen LogP contribution in [0.4, 0.5) is 4.79 Å². The first kappa shape index (κ1) is 28.6. The maximum absolute atomic E-state index is 12.9. The van der Waals surface area contributed by atoms with Gasteiger partial charge in [-0.25, -0.2) is 9.59 Å². The van der Waals surface area contributed by atoms with Crippen LogP contribution in [-0.2, 0) is 30.6 Å². The van der Waals surface area contributed by atoms with Crippen LogP contribution in [0.5, 0.6) is 5.75 Å². The van der Waals surface area contributed by atoms with E-state index in [9.17, 15) is 34.6 Å². The molecule has 1 aliphatic rings. The number of amides is 1. The predicted octanol–water partition coefficient (Wildman–Crippen LogP) is 2.79. The van der Waals surface area contributed by atoms with Gasteiger partial charge in [-0.05, 0) is 55.1 Å². The summed E-state index contributed by atoms with van der Waals surface area (Å²) in [5, 5.41) is 18.0. The molecule has 0 spiro atoms. The van der Waals surface area contributed by atoms with Crippen molar-refractivity contribution in [1.29, 1.82) is 0 Å². The summed E-state index contributed by atoms with van der Waals surface area (Å²) in [7, 11) is 0. The van der Waals surface area contributed by atoms with Crippen molar-refractivity contribution in [2.75, 3.05) is 25.5 Å². The van der Waals surface area contributed by atoms with Gasteiger partial charge in [-0.1, -0.05) is 19.1 Å². The number of carbonyl (C=O) groups is 3. The molecule has 2 rings (SSSR count). The van der Waals surface area contributed by atoms with Crippen molar-refractivity contribution in [3.8, 4) is 5.75 Å². The maximum atomic E-state index is 12.9. The van der Waals surface area contributed by atoms with Gasteiger partial charge in [-0.3, -0.25) is 4.79 Å². The number of rotatable bonds is 14. The van der Waals surface area contributed by atoms with Crippen LogP contribution in [0.2, 0.25) is 0 Å². The van der Waals surface area contributed by atoms with Crippen molar-refractivity contribution < 1.29 is 43.7 Å². The summed E-state index contributed by atoms with van der Waals surface area (Å²) >= 11 is 0.837. The number of nitrogens with zero attached hydrogens (tertiary/aromatic N) is 3. The Hall–Kier alpha value is -3.62. The second kappa shape index (κ2) is 14.7. The summed E-state index contributed by atoms with van der Waals surface area (Å²) in [6.45, 7) is 1.73. The molecule has 1 heterocycles. The molecule has 1 saturated heterocycles. The van der Waals surface area contributed by atoms with Gasteiger partial charge in [0.25, 0.3) is 10.2 Å². The molecule has 0 aromatic heterocycles. The molecule has 1 amide bonds. The average Bonchev–Trinajstić information content (AvgIpc) is 3.33. The number of thioether (sulfide) groups is 1. The summed E-state index contributed by atoms with van der Waals surface area (Å²) < 4.78 is 10.4. The van der Waals surface area contributed by atoms with Crippen LogP contribution in [0.25, 0.3) is 0 Å². The molecule has 15 heteroatoms. The lowest BCUT2D eigenvalue weighted by molar-refractivity contribution is -0.763. The van der Waals surface area contributed by atoms with Crippen LogP contribution in [0.15, 0.2) is 24.3 Å². The highest BCUT2D eigenvalue weighted by molar-refractivity contribution is 8.13. The largest absolute Gasteiger partial charge is 0.458 e. The number of unbranched alkanes of at least 4 members (excludes halogenated alkanes) is 1. The van der Waals surface area contributed by atoms with Crippen LogP contribution in [-0.4, -0.2) is 63.8 Å². The highest BCUT2D eigenvalue weighted by Gasteiger charge is 2.37. The minimum atomic E-state index is -0.919. The van der Waals surface area contributed by atoms with Crippen LogP contribution in [0, 0.1) is 26.1 Å². The first-order valence-electron chi connectivity index (χ1n) is 11.1. The number of ether oxygens (including phenoxy) is 2. The normalized spacial score (nSPS) is 15.6. The molecular formula is C21H27N3O11S. The number of hydrogen-bond donors (Lipinski definition) is 0. The van der Waals surface area contributed by atoms with E-state index in [0.29, 0.717) is 37.8 Å². The molecule has 1 fully saturated rings. The monoisotopic (exact) mass is 529 g/mol.